The van der Waals surface area contributed by atoms with Crippen LogP contribution in [0.15, 0.2) is 42.5 Å². The number of hydrogen-bond acceptors (Lipinski definition) is 3. The van der Waals surface area contributed by atoms with Gasteiger partial charge in [-0.1, -0.05) is 24.3 Å². The van der Waals surface area contributed by atoms with E-state index >= 15 is 0 Å². The molecular weight excluding hydrogens is 307 g/mol. The first kappa shape index (κ1) is 16.2. The maximum Gasteiger partial charge on any atom is 0.223 e. The molecule has 1 amide bonds. The molecule has 0 spiro atoms. The molecule has 5 heteroatoms. The first-order valence-corrected chi connectivity index (χ1v) is 7.82. The third-order valence-electron chi connectivity index (χ3n) is 4.11. The van der Waals surface area contributed by atoms with Gasteiger partial charge in [-0.15, -0.1) is 0 Å². The summed E-state index contributed by atoms with van der Waals surface area (Å²) in [5, 5.41) is 11.6. The van der Waals surface area contributed by atoms with E-state index in [9.17, 15) is 9.18 Å². The Kier molecular flexibility index (Phi) is 4.88. The number of carbonyl (C=O) groups excluding carboxylic acids is 1. The van der Waals surface area contributed by atoms with Crippen LogP contribution in [0.25, 0.3) is 0 Å². The molecule has 0 aliphatic carbocycles. The first-order valence-electron chi connectivity index (χ1n) is 7.82. The molecule has 3 rings (SSSR count). The van der Waals surface area contributed by atoms with Crippen LogP contribution in [0.5, 0.6) is 0 Å². The average Bonchev–Trinajstić information content (AvgIpc) is 2.61. The predicted octanol–water partition coefficient (Wildman–Crippen LogP) is 3.02. The van der Waals surface area contributed by atoms with Crippen LogP contribution >= 0.6 is 0 Å². The number of benzene rings is 2. The number of halogens is 1. The largest absolute Gasteiger partial charge is 0.373 e. The third kappa shape index (κ3) is 3.61. The number of fused-ring (bicyclic) bond motifs is 1. The summed E-state index contributed by atoms with van der Waals surface area (Å²) in [5.74, 6) is -0.646. The molecule has 1 heterocycles. The lowest BCUT2D eigenvalue weighted by atomic mass is 9.95. The smallest absolute Gasteiger partial charge is 0.223 e. The highest BCUT2D eigenvalue weighted by atomic mass is 19.1. The van der Waals surface area contributed by atoms with Crippen LogP contribution in [0.4, 0.5) is 4.39 Å². The van der Waals surface area contributed by atoms with Gasteiger partial charge in [0.25, 0.3) is 0 Å². The summed E-state index contributed by atoms with van der Waals surface area (Å²) >= 11 is 0. The number of carbonyl (C=O) groups is 1. The molecule has 0 saturated heterocycles. The number of nitrogens with zero attached hydrogens (tertiary/aromatic N) is 1. The minimum absolute atomic E-state index is 0.0502. The maximum atomic E-state index is 13.7. The lowest BCUT2D eigenvalue weighted by molar-refractivity contribution is -0.124. The SMILES string of the molecule is N#Cc1ccc(F)c(CNC(=O)C[C@@H]2OCCc3ccccc32)c1. The van der Waals surface area contributed by atoms with Gasteiger partial charge in [-0.3, -0.25) is 4.79 Å². The van der Waals surface area contributed by atoms with Crippen LogP contribution in [0.1, 0.15) is 34.8 Å². The van der Waals surface area contributed by atoms with Crippen LogP contribution in [0, 0.1) is 17.1 Å². The van der Waals surface area contributed by atoms with E-state index in [2.05, 4.69) is 5.32 Å². The summed E-state index contributed by atoms with van der Waals surface area (Å²) in [7, 11) is 0. The molecule has 0 fully saturated rings. The van der Waals surface area contributed by atoms with Gasteiger partial charge < -0.3 is 10.1 Å². The standard InChI is InChI=1S/C19H17FN2O2/c20-17-6-5-13(11-21)9-15(17)12-22-19(23)10-18-16-4-2-1-3-14(16)7-8-24-18/h1-6,9,18H,7-8,10,12H2,(H,22,23)/t18-/m0/s1. The second-order valence-electron chi connectivity index (χ2n) is 5.71. The van der Waals surface area contributed by atoms with Crippen molar-refractivity contribution >= 4 is 5.91 Å². The van der Waals surface area contributed by atoms with Gasteiger partial charge >= 0.3 is 0 Å². The third-order valence-corrected chi connectivity index (χ3v) is 4.11. The Morgan fingerprint density at radius 2 is 2.17 bits per heavy atom. The Hall–Kier alpha value is -2.71. The van der Waals surface area contributed by atoms with Gasteiger partial charge in [-0.2, -0.15) is 5.26 Å². The quantitative estimate of drug-likeness (QED) is 0.940. The van der Waals surface area contributed by atoms with E-state index in [0.717, 1.165) is 12.0 Å². The zero-order chi connectivity index (χ0) is 16.9. The molecule has 2 aromatic rings. The molecule has 1 aliphatic rings. The van der Waals surface area contributed by atoms with Crippen molar-refractivity contribution in [1.82, 2.24) is 5.32 Å². The van der Waals surface area contributed by atoms with Crippen LogP contribution < -0.4 is 5.32 Å². The molecule has 24 heavy (non-hydrogen) atoms. The second kappa shape index (κ2) is 7.24. The zero-order valence-corrected chi connectivity index (χ0v) is 13.1. The Balaban J connectivity index is 1.62. The normalized spacial score (nSPS) is 16.1. The molecule has 0 saturated carbocycles. The summed E-state index contributed by atoms with van der Waals surface area (Å²) in [4.78, 5) is 12.2. The summed E-state index contributed by atoms with van der Waals surface area (Å²) in [6.45, 7) is 0.641. The lowest BCUT2D eigenvalue weighted by Gasteiger charge is -2.25. The predicted molar refractivity (Wildman–Crippen MR) is 86.4 cm³/mol. The lowest BCUT2D eigenvalue weighted by Crippen LogP contribution is -2.27. The van der Waals surface area contributed by atoms with Crippen LogP contribution in [0.2, 0.25) is 0 Å². The fourth-order valence-corrected chi connectivity index (χ4v) is 2.86. The Morgan fingerprint density at radius 3 is 3.00 bits per heavy atom. The van der Waals surface area contributed by atoms with E-state index in [0.29, 0.717) is 17.7 Å². The van der Waals surface area contributed by atoms with Crippen molar-refractivity contribution in [2.75, 3.05) is 6.61 Å². The molecule has 1 aliphatic heterocycles. The number of nitrogens with one attached hydrogen (secondary N) is 1. The van der Waals surface area contributed by atoms with Crippen LogP contribution in [-0.2, 0) is 22.5 Å². The number of hydrogen-bond donors (Lipinski definition) is 1. The van der Waals surface area contributed by atoms with E-state index in [1.165, 1.54) is 23.8 Å². The molecule has 0 radical (unpaired) electrons. The van der Waals surface area contributed by atoms with Crippen molar-refractivity contribution in [3.05, 3.63) is 70.5 Å². The summed E-state index contributed by atoms with van der Waals surface area (Å²) in [6.07, 6.45) is 0.766. The number of amides is 1. The molecule has 122 valence electrons. The van der Waals surface area contributed by atoms with Crippen molar-refractivity contribution in [2.45, 2.75) is 25.5 Å². The van der Waals surface area contributed by atoms with Crippen molar-refractivity contribution < 1.29 is 13.9 Å². The maximum absolute atomic E-state index is 13.7. The highest BCUT2D eigenvalue weighted by Gasteiger charge is 2.23. The average molecular weight is 324 g/mol. The van der Waals surface area contributed by atoms with Gasteiger partial charge in [0.1, 0.15) is 5.82 Å². The van der Waals surface area contributed by atoms with Gasteiger partial charge in [-0.25, -0.2) is 4.39 Å². The van der Waals surface area contributed by atoms with Gasteiger partial charge in [0.15, 0.2) is 0 Å². The highest BCUT2D eigenvalue weighted by Crippen LogP contribution is 2.29. The molecule has 1 N–H and O–H groups in total. The first-order chi connectivity index (χ1) is 11.7. The Morgan fingerprint density at radius 1 is 1.33 bits per heavy atom. The summed E-state index contributed by atoms with van der Waals surface area (Å²) in [6, 6.07) is 14.0. The van der Waals surface area contributed by atoms with E-state index in [-0.39, 0.29) is 25.0 Å². The Labute approximate surface area is 139 Å². The fourth-order valence-electron chi connectivity index (χ4n) is 2.86. The van der Waals surface area contributed by atoms with Crippen molar-refractivity contribution in [3.63, 3.8) is 0 Å². The molecule has 0 bridgehead atoms. The van der Waals surface area contributed by atoms with Crippen molar-refractivity contribution in [3.8, 4) is 6.07 Å². The molecular formula is C19H17FN2O2. The molecule has 0 aromatic heterocycles. The number of ether oxygens (including phenoxy) is 1. The topological polar surface area (TPSA) is 62.1 Å². The van der Waals surface area contributed by atoms with E-state index < -0.39 is 5.82 Å². The Bertz CT molecular complexity index is 798. The number of rotatable bonds is 4. The van der Waals surface area contributed by atoms with Gasteiger partial charge in [0, 0.05) is 12.1 Å². The minimum Gasteiger partial charge on any atom is -0.373 e. The molecule has 1 atom stereocenters. The monoisotopic (exact) mass is 324 g/mol. The van der Waals surface area contributed by atoms with Crippen LogP contribution in [0.3, 0.4) is 0 Å². The van der Waals surface area contributed by atoms with Crippen LogP contribution in [-0.4, -0.2) is 12.5 Å². The van der Waals surface area contributed by atoms with E-state index in [1.54, 1.807) is 0 Å². The van der Waals surface area contributed by atoms with Gasteiger partial charge in [0.2, 0.25) is 5.91 Å². The zero-order valence-electron chi connectivity index (χ0n) is 13.1. The second-order valence-corrected chi connectivity index (χ2v) is 5.71. The molecule has 0 unspecified atom stereocenters. The molecule has 2 aromatic carbocycles. The molecule has 4 nitrogen and oxygen atoms in total. The van der Waals surface area contributed by atoms with Crippen molar-refractivity contribution in [1.29, 1.82) is 5.26 Å². The van der Waals surface area contributed by atoms with Gasteiger partial charge in [0.05, 0.1) is 30.8 Å². The fraction of sp³-hybridized carbons (Fsp3) is 0.263. The summed E-state index contributed by atoms with van der Waals surface area (Å²) in [5.41, 5.74) is 2.91. The summed E-state index contributed by atoms with van der Waals surface area (Å²) < 4.78 is 19.4. The number of nitriles is 1. The minimum atomic E-state index is -0.437. The van der Waals surface area contributed by atoms with E-state index in [1.807, 2.05) is 30.3 Å². The van der Waals surface area contributed by atoms with Crippen molar-refractivity contribution in [2.24, 2.45) is 0 Å². The highest BCUT2D eigenvalue weighted by molar-refractivity contribution is 5.76. The van der Waals surface area contributed by atoms with E-state index in [4.69, 9.17) is 10.00 Å². The van der Waals surface area contributed by atoms with Gasteiger partial charge in [-0.05, 0) is 35.7 Å².